The second kappa shape index (κ2) is 6.41. The molecule has 0 unspecified atom stereocenters. The zero-order chi connectivity index (χ0) is 18.3. The van der Waals surface area contributed by atoms with Gasteiger partial charge in [0.1, 0.15) is 5.69 Å². The summed E-state index contributed by atoms with van der Waals surface area (Å²) in [5.41, 5.74) is 1.86. The van der Waals surface area contributed by atoms with E-state index in [1.165, 1.54) is 0 Å². The number of carbonyl (C=O) groups excluding carboxylic acids is 1. The molecule has 3 N–H and O–H groups in total. The van der Waals surface area contributed by atoms with Gasteiger partial charge in [0.15, 0.2) is 5.13 Å². The Labute approximate surface area is 155 Å². The van der Waals surface area contributed by atoms with Crippen LogP contribution in [0.2, 0.25) is 0 Å². The summed E-state index contributed by atoms with van der Waals surface area (Å²) >= 11 is 1.56. The third kappa shape index (κ3) is 3.45. The summed E-state index contributed by atoms with van der Waals surface area (Å²) in [6, 6.07) is 9.82. The highest BCUT2D eigenvalue weighted by Gasteiger charge is 2.26. The Morgan fingerprint density at radius 2 is 2.23 bits per heavy atom. The molecule has 0 aliphatic carbocycles. The number of fused-ring (bicyclic) bond motifs is 2. The van der Waals surface area contributed by atoms with Crippen LogP contribution >= 0.6 is 11.3 Å². The zero-order valence-corrected chi connectivity index (χ0v) is 15.7. The monoisotopic (exact) mass is 370 g/mol. The molecule has 0 saturated carbocycles. The highest BCUT2D eigenvalue weighted by atomic mass is 32.1. The molecule has 1 aliphatic rings. The summed E-state index contributed by atoms with van der Waals surface area (Å²) in [6.45, 7) is 5.20. The van der Waals surface area contributed by atoms with Crippen molar-refractivity contribution >= 4 is 33.3 Å². The van der Waals surface area contributed by atoms with E-state index in [2.05, 4.69) is 15.3 Å². The fourth-order valence-corrected chi connectivity index (χ4v) is 4.11. The van der Waals surface area contributed by atoms with E-state index in [-0.39, 0.29) is 5.91 Å². The van der Waals surface area contributed by atoms with E-state index in [1.54, 1.807) is 25.2 Å². The molecule has 1 amide bonds. The minimum Gasteiger partial charge on any atom is -0.389 e. The Kier molecular flexibility index (Phi) is 4.20. The van der Waals surface area contributed by atoms with Gasteiger partial charge in [-0.2, -0.15) is 0 Å². The molecule has 0 spiro atoms. The number of aliphatic hydroxyl groups is 1. The van der Waals surface area contributed by atoms with E-state index in [4.69, 9.17) is 0 Å². The van der Waals surface area contributed by atoms with Crippen LogP contribution in [0.15, 0.2) is 30.3 Å². The summed E-state index contributed by atoms with van der Waals surface area (Å²) in [6.07, 6.45) is 0.752. The number of thiazole rings is 1. The molecular formula is C19H22N4O2S. The van der Waals surface area contributed by atoms with E-state index >= 15 is 0 Å². The molecule has 0 atom stereocenters. The number of rotatable bonds is 4. The Bertz CT molecular complexity index is 921. The molecular weight excluding hydrogens is 348 g/mol. The molecule has 3 heterocycles. The number of anilines is 1. The minimum atomic E-state index is -0.788. The van der Waals surface area contributed by atoms with Gasteiger partial charge < -0.3 is 20.3 Å². The number of aromatic nitrogens is 2. The molecule has 6 nitrogen and oxygen atoms in total. The van der Waals surface area contributed by atoms with Crippen LogP contribution in [0.1, 0.15) is 34.9 Å². The lowest BCUT2D eigenvalue weighted by molar-refractivity contribution is 0.0731. The van der Waals surface area contributed by atoms with Gasteiger partial charge in [-0.05, 0) is 26.0 Å². The lowest BCUT2D eigenvalue weighted by Crippen LogP contribution is -2.35. The number of aromatic amines is 1. The number of H-pyrrole nitrogens is 1. The Morgan fingerprint density at radius 1 is 1.42 bits per heavy atom. The van der Waals surface area contributed by atoms with Gasteiger partial charge in [-0.3, -0.25) is 4.79 Å². The first-order valence-corrected chi connectivity index (χ1v) is 9.52. The van der Waals surface area contributed by atoms with Gasteiger partial charge in [0.05, 0.1) is 17.8 Å². The van der Waals surface area contributed by atoms with Crippen molar-refractivity contribution in [3.63, 3.8) is 0 Å². The van der Waals surface area contributed by atoms with Crippen molar-refractivity contribution in [1.29, 1.82) is 0 Å². The second-order valence-corrected chi connectivity index (χ2v) is 8.39. The summed E-state index contributed by atoms with van der Waals surface area (Å²) in [5, 5.41) is 14.9. The molecule has 0 fully saturated rings. The van der Waals surface area contributed by atoms with Crippen molar-refractivity contribution < 1.29 is 9.90 Å². The van der Waals surface area contributed by atoms with E-state index in [0.717, 1.165) is 33.0 Å². The van der Waals surface area contributed by atoms with Crippen LogP contribution in [0.5, 0.6) is 0 Å². The quantitative estimate of drug-likeness (QED) is 0.659. The summed E-state index contributed by atoms with van der Waals surface area (Å²) < 4.78 is 0. The zero-order valence-electron chi connectivity index (χ0n) is 14.9. The highest BCUT2D eigenvalue weighted by Crippen LogP contribution is 2.29. The molecule has 1 aromatic carbocycles. The Balaban J connectivity index is 1.49. The molecule has 136 valence electrons. The van der Waals surface area contributed by atoms with Crippen molar-refractivity contribution in [3.05, 3.63) is 46.6 Å². The highest BCUT2D eigenvalue weighted by molar-refractivity contribution is 7.15. The minimum absolute atomic E-state index is 0.0197. The molecule has 2 aromatic heterocycles. The maximum Gasteiger partial charge on any atom is 0.270 e. The van der Waals surface area contributed by atoms with Crippen molar-refractivity contribution in [1.82, 2.24) is 14.9 Å². The van der Waals surface area contributed by atoms with Crippen LogP contribution in [-0.2, 0) is 13.0 Å². The lowest BCUT2D eigenvalue weighted by Gasteiger charge is -2.25. The van der Waals surface area contributed by atoms with Crippen LogP contribution in [0.4, 0.5) is 5.13 Å². The SMILES string of the molecule is CC(C)(O)CNc1nc2c(s1)CN(C(=O)c1cc3ccccc3[nH]1)CC2. The van der Waals surface area contributed by atoms with Gasteiger partial charge in [-0.1, -0.05) is 29.5 Å². The number of hydrogen-bond acceptors (Lipinski definition) is 5. The Morgan fingerprint density at radius 3 is 3.00 bits per heavy atom. The van der Waals surface area contributed by atoms with Gasteiger partial charge in [-0.25, -0.2) is 4.98 Å². The van der Waals surface area contributed by atoms with Crippen LogP contribution < -0.4 is 5.32 Å². The molecule has 3 aromatic rings. The van der Waals surface area contributed by atoms with E-state index < -0.39 is 5.60 Å². The normalized spacial score (nSPS) is 14.5. The number of para-hydroxylation sites is 1. The van der Waals surface area contributed by atoms with Gasteiger partial charge in [0.2, 0.25) is 0 Å². The standard InChI is InChI=1S/C19H22N4O2S/c1-19(2,25)11-20-18-22-14-7-8-23(10-16(14)26-18)17(24)15-9-12-5-3-4-6-13(12)21-15/h3-6,9,21,25H,7-8,10-11H2,1-2H3,(H,20,22). The lowest BCUT2D eigenvalue weighted by atomic mass is 10.1. The average molecular weight is 370 g/mol. The van der Waals surface area contributed by atoms with Crippen molar-refractivity contribution in [3.8, 4) is 0 Å². The van der Waals surface area contributed by atoms with E-state index in [9.17, 15) is 9.90 Å². The third-order valence-corrected chi connectivity index (χ3v) is 5.49. The predicted molar refractivity (Wildman–Crippen MR) is 104 cm³/mol. The van der Waals surface area contributed by atoms with Crippen LogP contribution in [0.25, 0.3) is 10.9 Å². The van der Waals surface area contributed by atoms with E-state index in [1.807, 2.05) is 35.2 Å². The molecule has 1 aliphatic heterocycles. The molecule has 0 saturated heterocycles. The van der Waals surface area contributed by atoms with Crippen LogP contribution in [-0.4, -0.2) is 44.6 Å². The largest absolute Gasteiger partial charge is 0.389 e. The molecule has 0 bridgehead atoms. The number of amides is 1. The van der Waals surface area contributed by atoms with Crippen LogP contribution in [0, 0.1) is 0 Å². The fourth-order valence-electron chi connectivity index (χ4n) is 3.10. The van der Waals surface area contributed by atoms with Crippen molar-refractivity contribution in [2.45, 2.75) is 32.4 Å². The molecule has 0 radical (unpaired) electrons. The molecule has 26 heavy (non-hydrogen) atoms. The number of nitrogens with one attached hydrogen (secondary N) is 2. The first kappa shape index (κ1) is 17.1. The Hall–Kier alpha value is -2.38. The smallest absolute Gasteiger partial charge is 0.270 e. The van der Waals surface area contributed by atoms with Crippen LogP contribution in [0.3, 0.4) is 0 Å². The van der Waals surface area contributed by atoms with Gasteiger partial charge in [0.25, 0.3) is 5.91 Å². The van der Waals surface area contributed by atoms with Gasteiger partial charge in [0, 0.05) is 35.3 Å². The summed E-state index contributed by atoms with van der Waals surface area (Å²) in [4.78, 5) is 23.7. The van der Waals surface area contributed by atoms with E-state index in [0.29, 0.717) is 25.3 Å². The number of carbonyl (C=O) groups is 1. The number of hydrogen-bond donors (Lipinski definition) is 3. The fraction of sp³-hybridized carbons (Fsp3) is 0.368. The molecule has 4 rings (SSSR count). The second-order valence-electron chi connectivity index (χ2n) is 7.30. The number of nitrogens with zero attached hydrogens (tertiary/aromatic N) is 2. The topological polar surface area (TPSA) is 81.2 Å². The third-order valence-electron chi connectivity index (χ3n) is 4.45. The molecule has 7 heteroatoms. The first-order chi connectivity index (χ1) is 12.4. The predicted octanol–water partition coefficient (Wildman–Crippen LogP) is 3.01. The maximum absolute atomic E-state index is 12.9. The summed E-state index contributed by atoms with van der Waals surface area (Å²) in [7, 11) is 0. The van der Waals surface area contributed by atoms with Crippen molar-refractivity contribution in [2.24, 2.45) is 0 Å². The summed E-state index contributed by atoms with van der Waals surface area (Å²) in [5.74, 6) is 0.0197. The van der Waals surface area contributed by atoms with Crippen molar-refractivity contribution in [2.75, 3.05) is 18.4 Å². The number of benzene rings is 1. The maximum atomic E-state index is 12.9. The van der Waals surface area contributed by atoms with Gasteiger partial charge >= 0.3 is 0 Å². The van der Waals surface area contributed by atoms with Gasteiger partial charge in [-0.15, -0.1) is 0 Å². The average Bonchev–Trinajstić information content (AvgIpc) is 3.21. The first-order valence-electron chi connectivity index (χ1n) is 8.71.